The predicted octanol–water partition coefficient (Wildman–Crippen LogP) is 4.22. The highest BCUT2D eigenvalue weighted by Crippen LogP contribution is 2.39. The molecule has 2 amide bonds. The molecular weight excluding hydrogens is 382 g/mol. The molecular formula is C20H20ClN3O2S. The summed E-state index contributed by atoms with van der Waals surface area (Å²) < 4.78 is 1.86. The highest BCUT2D eigenvalue weighted by atomic mass is 35.5. The van der Waals surface area contributed by atoms with Crippen LogP contribution in [0, 0.1) is 5.92 Å². The molecule has 0 fully saturated rings. The fourth-order valence-electron chi connectivity index (χ4n) is 3.73. The summed E-state index contributed by atoms with van der Waals surface area (Å²) in [6.07, 6.45) is 4.66. The number of thiophene rings is 1. The van der Waals surface area contributed by atoms with Gasteiger partial charge in [-0.25, -0.2) is 0 Å². The van der Waals surface area contributed by atoms with Crippen molar-refractivity contribution in [2.24, 2.45) is 11.7 Å². The second-order valence-electron chi connectivity index (χ2n) is 7.12. The number of fused-ring (bicyclic) bond motifs is 2. The van der Waals surface area contributed by atoms with Crippen molar-refractivity contribution in [3.63, 3.8) is 0 Å². The van der Waals surface area contributed by atoms with Crippen LogP contribution in [0.4, 0.5) is 5.00 Å². The molecule has 3 N–H and O–H groups in total. The van der Waals surface area contributed by atoms with Gasteiger partial charge in [0, 0.05) is 27.0 Å². The number of anilines is 1. The zero-order valence-electron chi connectivity index (χ0n) is 14.9. The third kappa shape index (κ3) is 3.47. The van der Waals surface area contributed by atoms with E-state index in [0.717, 1.165) is 35.7 Å². The molecule has 1 aromatic carbocycles. The maximum Gasteiger partial charge on any atom is 0.251 e. The van der Waals surface area contributed by atoms with Gasteiger partial charge in [-0.2, -0.15) is 0 Å². The van der Waals surface area contributed by atoms with Crippen LogP contribution in [-0.4, -0.2) is 16.4 Å². The van der Waals surface area contributed by atoms with E-state index < -0.39 is 5.91 Å². The van der Waals surface area contributed by atoms with E-state index in [1.165, 1.54) is 16.2 Å². The van der Waals surface area contributed by atoms with Gasteiger partial charge in [0.05, 0.1) is 5.56 Å². The van der Waals surface area contributed by atoms with Gasteiger partial charge in [-0.1, -0.05) is 18.5 Å². The molecule has 4 rings (SSSR count). The highest BCUT2D eigenvalue weighted by molar-refractivity contribution is 7.17. The molecule has 0 saturated carbocycles. The minimum atomic E-state index is -0.474. The summed E-state index contributed by atoms with van der Waals surface area (Å²) in [7, 11) is 0. The Morgan fingerprint density at radius 1 is 1.37 bits per heavy atom. The van der Waals surface area contributed by atoms with Crippen LogP contribution in [0.2, 0.25) is 5.02 Å². The summed E-state index contributed by atoms with van der Waals surface area (Å²) in [5.74, 6) is -0.0755. The van der Waals surface area contributed by atoms with Crippen molar-refractivity contribution >= 4 is 50.7 Å². The van der Waals surface area contributed by atoms with Crippen LogP contribution in [0.15, 0.2) is 30.5 Å². The molecule has 0 radical (unpaired) electrons. The van der Waals surface area contributed by atoms with E-state index in [2.05, 4.69) is 12.2 Å². The van der Waals surface area contributed by atoms with Gasteiger partial charge in [0.2, 0.25) is 5.91 Å². The Labute approximate surface area is 166 Å². The van der Waals surface area contributed by atoms with Crippen LogP contribution in [0.25, 0.3) is 10.9 Å². The number of amides is 2. The number of aromatic nitrogens is 1. The van der Waals surface area contributed by atoms with Crippen molar-refractivity contribution < 1.29 is 9.59 Å². The summed E-state index contributed by atoms with van der Waals surface area (Å²) in [4.78, 5) is 25.8. The fraction of sp³-hybridized carbons (Fsp3) is 0.300. The van der Waals surface area contributed by atoms with Gasteiger partial charge in [0.25, 0.3) is 5.91 Å². The first kappa shape index (κ1) is 18.1. The molecule has 5 nitrogen and oxygen atoms in total. The zero-order valence-corrected chi connectivity index (χ0v) is 16.5. The number of benzene rings is 1. The Bertz CT molecular complexity index is 1050. The van der Waals surface area contributed by atoms with Gasteiger partial charge in [-0.15, -0.1) is 11.3 Å². The fourth-order valence-corrected chi connectivity index (χ4v) is 5.34. The first-order chi connectivity index (χ1) is 12.9. The van der Waals surface area contributed by atoms with E-state index in [4.69, 9.17) is 17.3 Å². The summed E-state index contributed by atoms with van der Waals surface area (Å²) in [6, 6.07) is 7.49. The van der Waals surface area contributed by atoms with Gasteiger partial charge in [0.15, 0.2) is 0 Å². The van der Waals surface area contributed by atoms with Gasteiger partial charge in [-0.05, 0) is 55.0 Å². The molecule has 3 aromatic rings. The topological polar surface area (TPSA) is 77.1 Å². The SMILES string of the molecule is CC1CCc2c(sc(NC(=O)Cn3ccc4cc(Cl)ccc43)c2C(N)=O)C1. The number of hydrogen-bond acceptors (Lipinski definition) is 3. The number of hydrogen-bond donors (Lipinski definition) is 2. The maximum atomic E-state index is 12.6. The number of halogens is 1. The van der Waals surface area contributed by atoms with E-state index in [1.54, 1.807) is 6.07 Å². The average Bonchev–Trinajstić information content (AvgIpc) is 3.14. The molecule has 0 saturated heterocycles. The molecule has 0 bridgehead atoms. The van der Waals surface area contributed by atoms with Crippen molar-refractivity contribution in [2.75, 3.05) is 5.32 Å². The third-order valence-electron chi connectivity index (χ3n) is 5.06. The van der Waals surface area contributed by atoms with E-state index in [9.17, 15) is 9.59 Å². The molecule has 1 atom stereocenters. The molecule has 0 aliphatic heterocycles. The molecule has 0 spiro atoms. The van der Waals surface area contributed by atoms with Crippen LogP contribution in [0.1, 0.15) is 34.1 Å². The van der Waals surface area contributed by atoms with Crippen molar-refractivity contribution in [1.29, 1.82) is 0 Å². The zero-order chi connectivity index (χ0) is 19.1. The van der Waals surface area contributed by atoms with Crippen molar-refractivity contribution in [3.8, 4) is 0 Å². The second-order valence-corrected chi connectivity index (χ2v) is 8.66. The van der Waals surface area contributed by atoms with E-state index in [1.807, 2.05) is 29.0 Å². The average molecular weight is 402 g/mol. The van der Waals surface area contributed by atoms with Crippen LogP contribution < -0.4 is 11.1 Å². The minimum Gasteiger partial charge on any atom is -0.365 e. The molecule has 2 heterocycles. The second kappa shape index (κ2) is 7.02. The Hall–Kier alpha value is -2.31. The van der Waals surface area contributed by atoms with Crippen LogP contribution >= 0.6 is 22.9 Å². The van der Waals surface area contributed by atoms with Gasteiger partial charge >= 0.3 is 0 Å². The molecule has 140 valence electrons. The lowest BCUT2D eigenvalue weighted by Gasteiger charge is -2.18. The monoisotopic (exact) mass is 401 g/mol. The normalized spacial score (nSPS) is 16.3. The Morgan fingerprint density at radius 2 is 2.19 bits per heavy atom. The number of carbonyl (C=O) groups is 2. The lowest BCUT2D eigenvalue weighted by atomic mass is 9.88. The largest absolute Gasteiger partial charge is 0.365 e. The van der Waals surface area contributed by atoms with Crippen LogP contribution in [0.5, 0.6) is 0 Å². The van der Waals surface area contributed by atoms with Crippen molar-refractivity contribution in [2.45, 2.75) is 32.7 Å². The first-order valence-electron chi connectivity index (χ1n) is 8.91. The summed E-state index contributed by atoms with van der Waals surface area (Å²) >= 11 is 7.50. The van der Waals surface area contributed by atoms with E-state index >= 15 is 0 Å². The van der Waals surface area contributed by atoms with E-state index in [0.29, 0.717) is 21.5 Å². The number of nitrogens with one attached hydrogen (secondary N) is 1. The summed E-state index contributed by atoms with van der Waals surface area (Å²) in [5, 5.41) is 5.13. The Morgan fingerprint density at radius 3 is 2.96 bits per heavy atom. The lowest BCUT2D eigenvalue weighted by molar-refractivity contribution is -0.116. The van der Waals surface area contributed by atoms with Gasteiger partial charge in [-0.3, -0.25) is 9.59 Å². The molecule has 2 aromatic heterocycles. The standard InChI is InChI=1S/C20H20ClN3O2S/c1-11-2-4-14-16(8-11)27-20(18(14)19(22)26)23-17(25)10-24-7-6-12-9-13(21)3-5-15(12)24/h3,5-7,9,11H,2,4,8,10H2,1H3,(H2,22,26)(H,23,25). The molecule has 27 heavy (non-hydrogen) atoms. The maximum absolute atomic E-state index is 12.6. The molecule has 7 heteroatoms. The minimum absolute atomic E-state index is 0.155. The summed E-state index contributed by atoms with van der Waals surface area (Å²) in [5.41, 5.74) is 8.05. The number of nitrogens with zero attached hydrogens (tertiary/aromatic N) is 1. The Kier molecular flexibility index (Phi) is 4.70. The molecule has 1 aliphatic rings. The van der Waals surface area contributed by atoms with Crippen molar-refractivity contribution in [1.82, 2.24) is 4.57 Å². The highest BCUT2D eigenvalue weighted by Gasteiger charge is 2.27. The quantitative estimate of drug-likeness (QED) is 0.686. The van der Waals surface area contributed by atoms with Gasteiger partial charge in [0.1, 0.15) is 11.5 Å². The third-order valence-corrected chi connectivity index (χ3v) is 6.46. The predicted molar refractivity (Wildman–Crippen MR) is 110 cm³/mol. The first-order valence-corrected chi connectivity index (χ1v) is 10.1. The summed E-state index contributed by atoms with van der Waals surface area (Å²) in [6.45, 7) is 2.36. The van der Waals surface area contributed by atoms with Gasteiger partial charge < -0.3 is 15.6 Å². The van der Waals surface area contributed by atoms with Crippen LogP contribution in [0.3, 0.4) is 0 Å². The molecule has 1 aliphatic carbocycles. The molecule has 1 unspecified atom stereocenters. The number of nitrogens with two attached hydrogens (primary N) is 1. The lowest BCUT2D eigenvalue weighted by Crippen LogP contribution is -2.21. The number of rotatable bonds is 4. The Balaban J connectivity index is 1.58. The number of carbonyl (C=O) groups excluding carboxylic acids is 2. The number of primary amides is 1. The van der Waals surface area contributed by atoms with E-state index in [-0.39, 0.29) is 12.5 Å². The smallest absolute Gasteiger partial charge is 0.251 e. The van der Waals surface area contributed by atoms with Crippen LogP contribution in [-0.2, 0) is 24.2 Å². The van der Waals surface area contributed by atoms with Crippen molar-refractivity contribution in [3.05, 3.63) is 51.5 Å².